The van der Waals surface area contributed by atoms with Crippen molar-refractivity contribution in [1.29, 1.82) is 0 Å². The number of aryl methyl sites for hydroxylation is 1. The number of alkyl halides is 3. The maximum atomic E-state index is 14.0. The van der Waals surface area contributed by atoms with Crippen molar-refractivity contribution < 1.29 is 18.0 Å². The average molecular weight is 519 g/mol. The highest BCUT2D eigenvalue weighted by Crippen LogP contribution is 2.37. The summed E-state index contributed by atoms with van der Waals surface area (Å²) in [6, 6.07) is 16.0. The second-order valence-electron chi connectivity index (χ2n) is 9.64. The molecule has 2 aromatic carbocycles. The van der Waals surface area contributed by atoms with E-state index >= 15 is 0 Å². The maximum absolute atomic E-state index is 14.0. The number of aromatic nitrogens is 2. The quantitative estimate of drug-likeness (QED) is 0.408. The van der Waals surface area contributed by atoms with Crippen molar-refractivity contribution in [3.8, 4) is 5.69 Å². The van der Waals surface area contributed by atoms with E-state index in [9.17, 15) is 18.0 Å². The van der Waals surface area contributed by atoms with Crippen molar-refractivity contribution >= 4 is 17.5 Å². The second kappa shape index (κ2) is 10.6. The van der Waals surface area contributed by atoms with Crippen molar-refractivity contribution in [3.63, 3.8) is 0 Å². The average Bonchev–Trinajstić information content (AvgIpc) is 3.31. The van der Waals surface area contributed by atoms with Crippen LogP contribution >= 0.6 is 11.6 Å². The van der Waals surface area contributed by atoms with E-state index in [0.717, 1.165) is 36.6 Å². The van der Waals surface area contributed by atoms with Crippen LogP contribution in [-0.2, 0) is 12.6 Å². The summed E-state index contributed by atoms with van der Waals surface area (Å²) in [5.74, 6) is -0.755. The number of nitrogens with zero attached hydrogens (tertiary/aromatic N) is 3. The number of rotatable bonds is 7. The van der Waals surface area contributed by atoms with Crippen LogP contribution in [0.15, 0.2) is 60.8 Å². The number of carbonyl (C=O) groups is 1. The molecule has 0 radical (unpaired) electrons. The molecule has 192 valence electrons. The molecule has 3 aromatic rings. The summed E-state index contributed by atoms with van der Waals surface area (Å²) in [6.07, 6.45) is 1.27. The summed E-state index contributed by atoms with van der Waals surface area (Å²) < 4.78 is 42.7. The number of carbonyl (C=O) groups excluding carboxylic acids is 1. The van der Waals surface area contributed by atoms with Crippen LogP contribution in [0.1, 0.15) is 53.7 Å². The third kappa shape index (κ3) is 5.76. The lowest BCUT2D eigenvalue weighted by Gasteiger charge is -2.45. The lowest BCUT2D eigenvalue weighted by atomic mass is 9.75. The Labute approximate surface area is 214 Å². The minimum atomic E-state index is -4.76. The zero-order valence-electron chi connectivity index (χ0n) is 20.4. The molecule has 5 nitrogen and oxygen atoms in total. The fourth-order valence-corrected chi connectivity index (χ4v) is 5.20. The minimum absolute atomic E-state index is 0.00628. The predicted molar refractivity (Wildman–Crippen MR) is 134 cm³/mol. The normalized spacial score (nSPS) is 20.5. The molecule has 1 aliphatic carbocycles. The standard InChI is InChI=1S/C27H30ClF3N4O/c1-34(2)26(15-12-19-6-4-3-5-7-19)16-13-21(14-17-26)33-25(36)23-18-32-35(24(23)27(29,30)31)22-10-8-20(28)9-11-22/h3-11,18,21H,12-17H2,1-2H3,(H,33,36). The van der Waals surface area contributed by atoms with E-state index in [4.69, 9.17) is 11.6 Å². The third-order valence-corrected chi connectivity index (χ3v) is 7.53. The predicted octanol–water partition coefficient (Wildman–Crippen LogP) is 6.15. The maximum Gasteiger partial charge on any atom is 0.434 e. The van der Waals surface area contributed by atoms with Crippen molar-refractivity contribution in [2.75, 3.05) is 14.1 Å². The van der Waals surface area contributed by atoms with E-state index in [2.05, 4.69) is 41.5 Å². The van der Waals surface area contributed by atoms with Crippen LogP contribution in [0, 0.1) is 0 Å². The molecule has 36 heavy (non-hydrogen) atoms. The van der Waals surface area contributed by atoms with Gasteiger partial charge in [0.05, 0.1) is 17.4 Å². The fourth-order valence-electron chi connectivity index (χ4n) is 5.07. The summed E-state index contributed by atoms with van der Waals surface area (Å²) >= 11 is 5.86. The van der Waals surface area contributed by atoms with E-state index in [1.54, 1.807) is 0 Å². The van der Waals surface area contributed by atoms with Gasteiger partial charge in [-0.3, -0.25) is 4.79 Å². The topological polar surface area (TPSA) is 50.2 Å². The highest BCUT2D eigenvalue weighted by molar-refractivity contribution is 6.30. The SMILES string of the molecule is CN(C)C1(CCc2ccccc2)CCC(NC(=O)c2cnn(-c3ccc(Cl)cc3)c2C(F)(F)F)CC1. The van der Waals surface area contributed by atoms with Crippen LogP contribution in [-0.4, -0.2) is 46.3 Å². The first-order valence-corrected chi connectivity index (χ1v) is 12.4. The highest BCUT2D eigenvalue weighted by Gasteiger charge is 2.42. The molecule has 1 fully saturated rings. The first-order chi connectivity index (χ1) is 17.1. The molecule has 1 N–H and O–H groups in total. The van der Waals surface area contributed by atoms with Crippen LogP contribution in [0.2, 0.25) is 5.02 Å². The van der Waals surface area contributed by atoms with Gasteiger partial charge in [-0.15, -0.1) is 0 Å². The molecule has 1 amide bonds. The van der Waals surface area contributed by atoms with Crippen molar-refractivity contribution in [2.45, 2.75) is 56.3 Å². The molecule has 0 spiro atoms. The zero-order valence-corrected chi connectivity index (χ0v) is 21.1. The molecule has 0 atom stereocenters. The Morgan fingerprint density at radius 3 is 2.33 bits per heavy atom. The zero-order chi connectivity index (χ0) is 25.9. The molecule has 1 saturated carbocycles. The Morgan fingerprint density at radius 2 is 1.75 bits per heavy atom. The molecule has 1 heterocycles. The number of benzene rings is 2. The molecule has 9 heteroatoms. The van der Waals surface area contributed by atoms with Gasteiger partial charge < -0.3 is 10.2 Å². The Hall–Kier alpha value is -2.84. The molecule has 1 aliphatic rings. The molecule has 0 aliphatic heterocycles. The first-order valence-electron chi connectivity index (χ1n) is 12.0. The number of nitrogens with one attached hydrogen (secondary N) is 1. The van der Waals surface area contributed by atoms with Crippen molar-refractivity contribution in [2.24, 2.45) is 0 Å². The Balaban J connectivity index is 1.45. The van der Waals surface area contributed by atoms with Gasteiger partial charge in [0.25, 0.3) is 5.91 Å². The van der Waals surface area contributed by atoms with Crippen LogP contribution < -0.4 is 5.32 Å². The molecular weight excluding hydrogens is 489 g/mol. The van der Waals surface area contributed by atoms with Gasteiger partial charge in [-0.25, -0.2) is 4.68 Å². The first kappa shape index (κ1) is 26.2. The summed E-state index contributed by atoms with van der Waals surface area (Å²) in [7, 11) is 4.15. The van der Waals surface area contributed by atoms with Gasteiger partial charge in [0, 0.05) is 16.6 Å². The molecule has 4 rings (SSSR count). The van der Waals surface area contributed by atoms with E-state index in [1.807, 2.05) is 18.2 Å². The van der Waals surface area contributed by atoms with E-state index < -0.39 is 23.3 Å². The van der Waals surface area contributed by atoms with Gasteiger partial charge >= 0.3 is 6.18 Å². The number of hydrogen-bond donors (Lipinski definition) is 1. The highest BCUT2D eigenvalue weighted by atomic mass is 35.5. The van der Waals surface area contributed by atoms with E-state index in [1.165, 1.54) is 29.8 Å². The Bertz CT molecular complexity index is 1170. The van der Waals surface area contributed by atoms with Gasteiger partial charge in [-0.2, -0.15) is 18.3 Å². The number of amides is 1. The Kier molecular flexibility index (Phi) is 7.76. The van der Waals surface area contributed by atoms with Crippen LogP contribution in [0.3, 0.4) is 0 Å². The molecule has 1 aromatic heterocycles. The molecule has 0 unspecified atom stereocenters. The summed E-state index contributed by atoms with van der Waals surface area (Å²) in [5, 5.41) is 7.12. The summed E-state index contributed by atoms with van der Waals surface area (Å²) in [4.78, 5) is 15.2. The number of halogens is 4. The van der Waals surface area contributed by atoms with Gasteiger partial charge in [-0.1, -0.05) is 41.9 Å². The second-order valence-corrected chi connectivity index (χ2v) is 10.1. The largest absolute Gasteiger partial charge is 0.434 e. The molecule has 0 bridgehead atoms. The van der Waals surface area contributed by atoms with E-state index in [-0.39, 0.29) is 17.3 Å². The van der Waals surface area contributed by atoms with Crippen LogP contribution in [0.25, 0.3) is 5.69 Å². The lowest BCUT2D eigenvalue weighted by Crippen LogP contribution is -2.51. The lowest BCUT2D eigenvalue weighted by molar-refractivity contribution is -0.143. The van der Waals surface area contributed by atoms with Crippen LogP contribution in [0.5, 0.6) is 0 Å². The minimum Gasteiger partial charge on any atom is -0.349 e. The van der Waals surface area contributed by atoms with E-state index in [0.29, 0.717) is 17.9 Å². The van der Waals surface area contributed by atoms with Gasteiger partial charge in [0.15, 0.2) is 5.69 Å². The molecular formula is C27H30ClF3N4O. The summed E-state index contributed by atoms with van der Waals surface area (Å²) in [5.41, 5.74) is -0.119. The van der Waals surface area contributed by atoms with Crippen molar-refractivity contribution in [1.82, 2.24) is 20.0 Å². The van der Waals surface area contributed by atoms with Crippen molar-refractivity contribution in [3.05, 3.63) is 82.6 Å². The third-order valence-electron chi connectivity index (χ3n) is 7.28. The fraction of sp³-hybridized carbons (Fsp3) is 0.407. The Morgan fingerprint density at radius 1 is 1.11 bits per heavy atom. The summed E-state index contributed by atoms with van der Waals surface area (Å²) in [6.45, 7) is 0. The number of hydrogen-bond acceptors (Lipinski definition) is 3. The monoisotopic (exact) mass is 518 g/mol. The van der Waals surface area contributed by atoms with Gasteiger partial charge in [0.1, 0.15) is 0 Å². The van der Waals surface area contributed by atoms with Gasteiger partial charge in [0.2, 0.25) is 0 Å². The van der Waals surface area contributed by atoms with Gasteiger partial charge in [-0.05, 0) is 82.4 Å². The molecule has 0 saturated heterocycles. The smallest absolute Gasteiger partial charge is 0.349 e. The van der Waals surface area contributed by atoms with Crippen LogP contribution in [0.4, 0.5) is 13.2 Å².